The fourth-order valence-electron chi connectivity index (χ4n) is 1.95. The largest absolute Gasteiger partial charge is 0.340 e. The van der Waals surface area contributed by atoms with Gasteiger partial charge in [-0.1, -0.05) is 35.9 Å². The fraction of sp³-hybridized carbons (Fsp3) is 0.0625. The SMILES string of the molecule is Cc1ccc(Nc2ccc3ccccc3n2)cc1Cl. The standard InChI is InChI=1S/C16H13ClN2/c1-11-6-8-13(10-14(11)17)18-16-9-7-12-4-2-3-5-15(12)19-16/h2-10H,1H3,(H,18,19). The van der Waals surface area contributed by atoms with Gasteiger partial charge < -0.3 is 5.32 Å². The van der Waals surface area contributed by atoms with Gasteiger partial charge in [-0.15, -0.1) is 0 Å². The molecule has 3 heteroatoms. The lowest BCUT2D eigenvalue weighted by Gasteiger charge is -2.08. The Morgan fingerprint density at radius 2 is 1.84 bits per heavy atom. The summed E-state index contributed by atoms with van der Waals surface area (Å²) in [6.07, 6.45) is 0. The van der Waals surface area contributed by atoms with Crippen molar-refractivity contribution in [3.8, 4) is 0 Å². The molecule has 0 radical (unpaired) electrons. The highest BCUT2D eigenvalue weighted by molar-refractivity contribution is 6.31. The Morgan fingerprint density at radius 1 is 1.00 bits per heavy atom. The maximum Gasteiger partial charge on any atom is 0.131 e. The van der Waals surface area contributed by atoms with Crippen LogP contribution in [0.5, 0.6) is 0 Å². The molecule has 0 spiro atoms. The molecule has 0 amide bonds. The summed E-state index contributed by atoms with van der Waals surface area (Å²) in [4.78, 5) is 4.57. The van der Waals surface area contributed by atoms with Gasteiger partial charge in [-0.3, -0.25) is 0 Å². The quantitative estimate of drug-likeness (QED) is 0.712. The molecule has 2 nitrogen and oxygen atoms in total. The predicted octanol–water partition coefficient (Wildman–Crippen LogP) is 4.94. The Kier molecular flexibility index (Phi) is 3.10. The number of pyridine rings is 1. The summed E-state index contributed by atoms with van der Waals surface area (Å²) >= 11 is 6.11. The molecule has 0 fully saturated rings. The second-order valence-corrected chi connectivity index (χ2v) is 4.89. The predicted molar refractivity (Wildman–Crippen MR) is 81.2 cm³/mol. The maximum atomic E-state index is 6.11. The molecule has 1 aromatic heterocycles. The number of aromatic nitrogens is 1. The average Bonchev–Trinajstić information content (AvgIpc) is 2.43. The second-order valence-electron chi connectivity index (χ2n) is 4.48. The number of nitrogens with zero attached hydrogens (tertiary/aromatic N) is 1. The minimum Gasteiger partial charge on any atom is -0.340 e. The van der Waals surface area contributed by atoms with Crippen LogP contribution < -0.4 is 5.32 Å². The van der Waals surface area contributed by atoms with Crippen molar-refractivity contribution in [3.05, 3.63) is 65.2 Å². The van der Waals surface area contributed by atoms with Gasteiger partial charge in [0, 0.05) is 16.1 Å². The van der Waals surface area contributed by atoms with Crippen LogP contribution in [0.25, 0.3) is 10.9 Å². The highest BCUT2D eigenvalue weighted by Crippen LogP contribution is 2.23. The van der Waals surface area contributed by atoms with Crippen molar-refractivity contribution in [2.45, 2.75) is 6.92 Å². The molecule has 3 aromatic rings. The lowest BCUT2D eigenvalue weighted by Crippen LogP contribution is -1.94. The number of benzene rings is 2. The number of rotatable bonds is 2. The van der Waals surface area contributed by atoms with E-state index in [-0.39, 0.29) is 0 Å². The molecule has 3 rings (SSSR count). The molecule has 1 heterocycles. The van der Waals surface area contributed by atoms with Crippen LogP contribution in [0.15, 0.2) is 54.6 Å². The summed E-state index contributed by atoms with van der Waals surface area (Å²) in [5.74, 6) is 0.818. The molecule has 19 heavy (non-hydrogen) atoms. The fourth-order valence-corrected chi connectivity index (χ4v) is 2.13. The van der Waals surface area contributed by atoms with Crippen LogP contribution in [-0.4, -0.2) is 4.98 Å². The maximum absolute atomic E-state index is 6.11. The molecule has 0 saturated carbocycles. The van der Waals surface area contributed by atoms with Crippen molar-refractivity contribution in [1.29, 1.82) is 0 Å². The summed E-state index contributed by atoms with van der Waals surface area (Å²) in [5, 5.41) is 5.16. The molecule has 2 aromatic carbocycles. The van der Waals surface area contributed by atoms with E-state index in [2.05, 4.69) is 22.4 Å². The van der Waals surface area contributed by atoms with Crippen molar-refractivity contribution in [1.82, 2.24) is 4.98 Å². The third-order valence-electron chi connectivity index (χ3n) is 3.04. The van der Waals surface area contributed by atoms with E-state index in [0.29, 0.717) is 0 Å². The molecule has 0 aliphatic heterocycles. The minimum absolute atomic E-state index is 0.755. The molecule has 0 aliphatic rings. The summed E-state index contributed by atoms with van der Waals surface area (Å²) < 4.78 is 0. The van der Waals surface area contributed by atoms with Gasteiger partial charge in [0.15, 0.2) is 0 Å². The smallest absolute Gasteiger partial charge is 0.131 e. The zero-order chi connectivity index (χ0) is 13.2. The molecule has 0 saturated heterocycles. The Morgan fingerprint density at radius 3 is 2.68 bits per heavy atom. The van der Waals surface area contributed by atoms with Crippen LogP contribution in [0, 0.1) is 6.92 Å². The number of nitrogens with one attached hydrogen (secondary N) is 1. The van der Waals surface area contributed by atoms with Crippen molar-refractivity contribution in [2.24, 2.45) is 0 Å². The van der Waals surface area contributed by atoms with Gasteiger partial charge in [-0.2, -0.15) is 0 Å². The zero-order valence-corrected chi connectivity index (χ0v) is 11.3. The van der Waals surface area contributed by atoms with Crippen LogP contribution in [0.1, 0.15) is 5.56 Å². The van der Waals surface area contributed by atoms with Crippen LogP contribution in [0.3, 0.4) is 0 Å². The van der Waals surface area contributed by atoms with E-state index < -0.39 is 0 Å². The number of para-hydroxylation sites is 1. The van der Waals surface area contributed by atoms with Gasteiger partial charge in [0.2, 0.25) is 0 Å². The number of fused-ring (bicyclic) bond motifs is 1. The van der Waals surface area contributed by atoms with Gasteiger partial charge in [0.25, 0.3) is 0 Å². The average molecular weight is 269 g/mol. The Bertz CT molecular complexity index is 738. The second kappa shape index (κ2) is 4.90. The topological polar surface area (TPSA) is 24.9 Å². The number of hydrogen-bond donors (Lipinski definition) is 1. The molecule has 0 aliphatic carbocycles. The number of hydrogen-bond acceptors (Lipinski definition) is 2. The molecule has 94 valence electrons. The van der Waals surface area contributed by atoms with Crippen LogP contribution in [0.2, 0.25) is 5.02 Å². The van der Waals surface area contributed by atoms with Crippen LogP contribution in [-0.2, 0) is 0 Å². The highest BCUT2D eigenvalue weighted by Gasteiger charge is 2.01. The first kappa shape index (κ1) is 12.0. The van der Waals surface area contributed by atoms with E-state index in [1.54, 1.807) is 0 Å². The van der Waals surface area contributed by atoms with E-state index in [1.165, 1.54) is 0 Å². The van der Waals surface area contributed by atoms with Gasteiger partial charge in [0.1, 0.15) is 5.82 Å². The van der Waals surface area contributed by atoms with Crippen molar-refractivity contribution >= 4 is 34.0 Å². The highest BCUT2D eigenvalue weighted by atomic mass is 35.5. The Hall–Kier alpha value is -2.06. The summed E-state index contributed by atoms with van der Waals surface area (Å²) in [5.41, 5.74) is 2.99. The van der Waals surface area contributed by atoms with Crippen molar-refractivity contribution in [2.75, 3.05) is 5.32 Å². The molecule has 0 unspecified atom stereocenters. The summed E-state index contributed by atoms with van der Waals surface area (Å²) in [6.45, 7) is 1.99. The van der Waals surface area contributed by atoms with Crippen LogP contribution in [0.4, 0.5) is 11.5 Å². The molecule has 1 N–H and O–H groups in total. The number of halogens is 1. The number of aryl methyl sites for hydroxylation is 1. The van der Waals surface area contributed by atoms with Gasteiger partial charge >= 0.3 is 0 Å². The lowest BCUT2D eigenvalue weighted by molar-refractivity contribution is 1.36. The van der Waals surface area contributed by atoms with E-state index in [0.717, 1.165) is 33.0 Å². The van der Waals surface area contributed by atoms with E-state index >= 15 is 0 Å². The molecular weight excluding hydrogens is 256 g/mol. The third kappa shape index (κ3) is 2.54. The number of anilines is 2. The summed E-state index contributed by atoms with van der Waals surface area (Å²) in [7, 11) is 0. The first-order valence-corrected chi connectivity index (χ1v) is 6.49. The van der Waals surface area contributed by atoms with Gasteiger partial charge in [-0.25, -0.2) is 4.98 Å². The first-order valence-electron chi connectivity index (χ1n) is 6.11. The third-order valence-corrected chi connectivity index (χ3v) is 3.45. The van der Waals surface area contributed by atoms with E-state index in [9.17, 15) is 0 Å². The monoisotopic (exact) mass is 268 g/mol. The van der Waals surface area contributed by atoms with Crippen molar-refractivity contribution in [3.63, 3.8) is 0 Å². The Labute approximate surface area is 117 Å². The van der Waals surface area contributed by atoms with Crippen LogP contribution >= 0.6 is 11.6 Å². The normalized spacial score (nSPS) is 10.6. The van der Waals surface area contributed by atoms with Crippen molar-refractivity contribution < 1.29 is 0 Å². The molecule has 0 atom stereocenters. The molecular formula is C16H13ClN2. The lowest BCUT2D eigenvalue weighted by atomic mass is 10.2. The zero-order valence-electron chi connectivity index (χ0n) is 10.5. The van der Waals surface area contributed by atoms with Gasteiger partial charge in [-0.05, 0) is 42.8 Å². The summed E-state index contributed by atoms with van der Waals surface area (Å²) in [6, 6.07) is 18.0. The van der Waals surface area contributed by atoms with E-state index in [4.69, 9.17) is 11.6 Å². The molecule has 0 bridgehead atoms. The first-order chi connectivity index (χ1) is 9.22. The Balaban J connectivity index is 1.94. The van der Waals surface area contributed by atoms with Gasteiger partial charge in [0.05, 0.1) is 5.52 Å². The van der Waals surface area contributed by atoms with E-state index in [1.807, 2.05) is 49.4 Å². The minimum atomic E-state index is 0.755.